The molecule has 0 N–H and O–H groups in total. The zero-order valence-electron chi connectivity index (χ0n) is 15.4. The third kappa shape index (κ3) is 3.23. The maximum absolute atomic E-state index is 12.7. The molecule has 2 aromatic carbocycles. The van der Waals surface area contributed by atoms with Crippen LogP contribution in [-0.2, 0) is 16.0 Å². The number of halogens is 1. The predicted molar refractivity (Wildman–Crippen MR) is 111 cm³/mol. The van der Waals surface area contributed by atoms with E-state index in [1.54, 1.807) is 24.1 Å². The minimum atomic E-state index is -0.598. The van der Waals surface area contributed by atoms with Crippen LogP contribution in [0.15, 0.2) is 42.5 Å². The van der Waals surface area contributed by atoms with Gasteiger partial charge in [0.25, 0.3) is 5.91 Å². The Morgan fingerprint density at radius 2 is 2.04 bits per heavy atom. The van der Waals surface area contributed by atoms with Gasteiger partial charge in [-0.1, -0.05) is 29.8 Å². The van der Waals surface area contributed by atoms with Crippen LogP contribution in [-0.4, -0.2) is 31.6 Å². The van der Waals surface area contributed by atoms with Crippen molar-refractivity contribution < 1.29 is 19.1 Å². The third-order valence-corrected chi connectivity index (χ3v) is 6.46. The molecule has 3 aromatic rings. The van der Waals surface area contributed by atoms with Gasteiger partial charge < -0.3 is 14.4 Å². The SMILES string of the molecule is COc1ccc2c(Cl)c(C(=O)OCC(=O)N3c4ccccc4CC3C)sc2c1. The number of hydrogen-bond donors (Lipinski definition) is 0. The number of methoxy groups -OCH3 is 1. The second-order valence-electron chi connectivity index (χ2n) is 6.63. The number of benzene rings is 2. The molecule has 0 bridgehead atoms. The van der Waals surface area contributed by atoms with Crippen molar-refractivity contribution in [1.82, 2.24) is 0 Å². The number of amides is 1. The highest BCUT2D eigenvalue weighted by molar-refractivity contribution is 7.21. The fourth-order valence-electron chi connectivity index (χ4n) is 3.51. The van der Waals surface area contributed by atoms with Crippen molar-refractivity contribution in [2.45, 2.75) is 19.4 Å². The van der Waals surface area contributed by atoms with Crippen LogP contribution in [0.5, 0.6) is 5.75 Å². The first-order valence-electron chi connectivity index (χ1n) is 8.82. The van der Waals surface area contributed by atoms with E-state index in [1.165, 1.54) is 11.3 Å². The van der Waals surface area contributed by atoms with Crippen molar-refractivity contribution in [3.63, 3.8) is 0 Å². The molecule has 4 rings (SSSR count). The molecule has 0 saturated carbocycles. The number of carbonyl (C=O) groups excluding carboxylic acids is 2. The quantitative estimate of drug-likeness (QED) is 0.579. The lowest BCUT2D eigenvalue weighted by atomic mass is 10.1. The summed E-state index contributed by atoms with van der Waals surface area (Å²) in [6.45, 7) is 1.65. The van der Waals surface area contributed by atoms with E-state index in [0.29, 0.717) is 10.8 Å². The summed E-state index contributed by atoms with van der Waals surface area (Å²) >= 11 is 7.58. The molecular formula is C21H18ClNO4S. The molecule has 1 aliphatic heterocycles. The molecule has 28 heavy (non-hydrogen) atoms. The van der Waals surface area contributed by atoms with E-state index >= 15 is 0 Å². The highest BCUT2D eigenvalue weighted by atomic mass is 35.5. The van der Waals surface area contributed by atoms with Gasteiger partial charge in [-0.25, -0.2) is 4.79 Å². The molecule has 1 aromatic heterocycles. The molecule has 0 spiro atoms. The van der Waals surface area contributed by atoms with E-state index in [-0.39, 0.29) is 23.4 Å². The number of para-hydroxylation sites is 1. The lowest BCUT2D eigenvalue weighted by Crippen LogP contribution is -2.38. The summed E-state index contributed by atoms with van der Waals surface area (Å²) in [5.74, 6) is -0.162. The van der Waals surface area contributed by atoms with Gasteiger partial charge in [0.2, 0.25) is 0 Å². The molecule has 1 unspecified atom stereocenters. The molecule has 144 valence electrons. The average molecular weight is 416 g/mol. The van der Waals surface area contributed by atoms with Crippen molar-refractivity contribution in [2.75, 3.05) is 18.6 Å². The molecule has 7 heteroatoms. The van der Waals surface area contributed by atoms with Crippen molar-refractivity contribution in [3.05, 3.63) is 57.9 Å². The van der Waals surface area contributed by atoms with Gasteiger partial charge in [-0.2, -0.15) is 0 Å². The number of ether oxygens (including phenoxy) is 2. The van der Waals surface area contributed by atoms with E-state index < -0.39 is 5.97 Å². The van der Waals surface area contributed by atoms with Crippen LogP contribution in [0, 0.1) is 0 Å². The summed E-state index contributed by atoms with van der Waals surface area (Å²) in [6, 6.07) is 13.2. The maximum Gasteiger partial charge on any atom is 0.350 e. The van der Waals surface area contributed by atoms with Crippen molar-refractivity contribution in [3.8, 4) is 5.75 Å². The van der Waals surface area contributed by atoms with E-state index in [4.69, 9.17) is 21.1 Å². The second-order valence-corrected chi connectivity index (χ2v) is 8.06. The Morgan fingerprint density at radius 1 is 1.25 bits per heavy atom. The molecule has 1 atom stereocenters. The average Bonchev–Trinajstić information content (AvgIpc) is 3.21. The van der Waals surface area contributed by atoms with Crippen LogP contribution >= 0.6 is 22.9 Å². The Labute approximate surface area is 171 Å². The van der Waals surface area contributed by atoms with Crippen molar-refractivity contribution in [1.29, 1.82) is 0 Å². The molecule has 0 saturated heterocycles. The lowest BCUT2D eigenvalue weighted by molar-refractivity contribution is -0.122. The smallest absolute Gasteiger partial charge is 0.350 e. The topological polar surface area (TPSA) is 55.8 Å². The van der Waals surface area contributed by atoms with Crippen LogP contribution in [0.1, 0.15) is 22.2 Å². The van der Waals surface area contributed by atoms with Gasteiger partial charge in [0.15, 0.2) is 6.61 Å². The summed E-state index contributed by atoms with van der Waals surface area (Å²) in [5, 5.41) is 1.09. The third-order valence-electron chi connectivity index (χ3n) is 4.82. The molecular weight excluding hydrogens is 398 g/mol. The molecule has 1 amide bonds. The van der Waals surface area contributed by atoms with E-state index in [1.807, 2.05) is 37.3 Å². The normalized spacial score (nSPS) is 15.5. The summed E-state index contributed by atoms with van der Waals surface area (Å²) in [4.78, 5) is 27.2. The van der Waals surface area contributed by atoms with Crippen molar-refractivity contribution >= 4 is 50.6 Å². The van der Waals surface area contributed by atoms with E-state index in [2.05, 4.69) is 0 Å². The number of nitrogens with zero attached hydrogens (tertiary/aromatic N) is 1. The molecule has 5 nitrogen and oxygen atoms in total. The number of rotatable bonds is 4. The Balaban J connectivity index is 1.50. The first kappa shape index (κ1) is 18.8. The highest BCUT2D eigenvalue weighted by Crippen LogP contribution is 2.38. The summed E-state index contributed by atoms with van der Waals surface area (Å²) in [6.07, 6.45) is 0.792. The molecule has 0 radical (unpaired) electrons. The Morgan fingerprint density at radius 3 is 2.82 bits per heavy atom. The zero-order chi connectivity index (χ0) is 19.8. The summed E-state index contributed by atoms with van der Waals surface area (Å²) in [7, 11) is 1.58. The van der Waals surface area contributed by atoms with Gasteiger partial charge in [-0.3, -0.25) is 4.79 Å². The fraction of sp³-hybridized carbons (Fsp3) is 0.238. The fourth-order valence-corrected chi connectivity index (χ4v) is 4.94. The van der Waals surface area contributed by atoms with Crippen LogP contribution in [0.2, 0.25) is 5.02 Å². The van der Waals surface area contributed by atoms with Gasteiger partial charge in [-0.05, 0) is 43.2 Å². The Bertz CT molecular complexity index is 1080. The predicted octanol–water partition coefficient (Wildman–Crippen LogP) is 4.70. The number of carbonyl (C=O) groups is 2. The Kier molecular flexibility index (Phi) is 5.00. The molecule has 0 fully saturated rings. The van der Waals surface area contributed by atoms with Crippen molar-refractivity contribution in [2.24, 2.45) is 0 Å². The number of thiophene rings is 1. The lowest BCUT2D eigenvalue weighted by Gasteiger charge is -2.22. The van der Waals surface area contributed by atoms with E-state index in [9.17, 15) is 9.59 Å². The van der Waals surface area contributed by atoms with Gasteiger partial charge in [0, 0.05) is 21.8 Å². The number of hydrogen-bond acceptors (Lipinski definition) is 5. The van der Waals surface area contributed by atoms with Gasteiger partial charge in [-0.15, -0.1) is 11.3 Å². The molecule has 0 aliphatic carbocycles. The van der Waals surface area contributed by atoms with Gasteiger partial charge in [0.05, 0.1) is 12.1 Å². The molecule has 1 aliphatic rings. The standard InChI is InChI=1S/C21H18ClNO4S/c1-12-9-13-5-3-4-6-16(13)23(12)18(24)11-27-21(25)20-19(22)15-8-7-14(26-2)10-17(15)28-20/h3-8,10,12H,9,11H2,1-2H3. The highest BCUT2D eigenvalue weighted by Gasteiger charge is 2.31. The molecule has 2 heterocycles. The Hall–Kier alpha value is -2.57. The monoisotopic (exact) mass is 415 g/mol. The van der Waals surface area contributed by atoms with Crippen LogP contribution in [0.3, 0.4) is 0 Å². The second kappa shape index (κ2) is 7.45. The van der Waals surface area contributed by atoms with E-state index in [0.717, 1.165) is 27.8 Å². The number of esters is 1. The minimum Gasteiger partial charge on any atom is -0.497 e. The van der Waals surface area contributed by atoms with Crippen LogP contribution < -0.4 is 9.64 Å². The summed E-state index contributed by atoms with van der Waals surface area (Å²) in [5.41, 5.74) is 2.00. The maximum atomic E-state index is 12.7. The zero-order valence-corrected chi connectivity index (χ0v) is 17.0. The van der Waals surface area contributed by atoms with Gasteiger partial charge in [0.1, 0.15) is 10.6 Å². The van der Waals surface area contributed by atoms with Crippen LogP contribution in [0.4, 0.5) is 5.69 Å². The summed E-state index contributed by atoms with van der Waals surface area (Å²) < 4.78 is 11.3. The largest absolute Gasteiger partial charge is 0.497 e. The van der Waals surface area contributed by atoms with Gasteiger partial charge >= 0.3 is 5.97 Å². The first-order valence-corrected chi connectivity index (χ1v) is 10.0. The first-order chi connectivity index (χ1) is 13.5. The minimum absolute atomic E-state index is 0.0315. The van der Waals surface area contributed by atoms with Crippen LogP contribution in [0.25, 0.3) is 10.1 Å². The number of fused-ring (bicyclic) bond motifs is 2. The number of anilines is 1.